The summed E-state index contributed by atoms with van der Waals surface area (Å²) >= 11 is 6.14. The molecule has 1 aromatic heterocycles. The summed E-state index contributed by atoms with van der Waals surface area (Å²) in [4.78, 5) is 23.9. The predicted molar refractivity (Wildman–Crippen MR) is 70.2 cm³/mol. The van der Waals surface area contributed by atoms with E-state index in [0.717, 1.165) is 0 Å². The number of ether oxygens (including phenoxy) is 1. The van der Waals surface area contributed by atoms with Gasteiger partial charge in [-0.1, -0.05) is 29.8 Å². The van der Waals surface area contributed by atoms with E-state index in [9.17, 15) is 9.59 Å². The Morgan fingerprint density at radius 3 is 2.67 bits per heavy atom. The van der Waals surface area contributed by atoms with E-state index >= 15 is 0 Å². The Morgan fingerprint density at radius 2 is 2.06 bits per heavy atom. The van der Waals surface area contributed by atoms with Crippen LogP contribution in [0.3, 0.4) is 0 Å². The number of carbonyl (C=O) groups excluding carboxylic acids is 1. The molecule has 94 valence electrons. The van der Waals surface area contributed by atoms with Crippen LogP contribution in [-0.4, -0.2) is 17.6 Å². The zero-order valence-electron chi connectivity index (χ0n) is 10.1. The molecule has 0 amide bonds. The van der Waals surface area contributed by atoms with E-state index in [1.165, 1.54) is 11.7 Å². The first-order chi connectivity index (χ1) is 8.61. The average molecular weight is 266 g/mol. The van der Waals surface area contributed by atoms with Crippen LogP contribution in [0.15, 0.2) is 29.1 Å². The van der Waals surface area contributed by atoms with Gasteiger partial charge in [0.2, 0.25) is 0 Å². The highest BCUT2D eigenvalue weighted by molar-refractivity contribution is 6.38. The number of esters is 1. The van der Waals surface area contributed by atoms with Crippen molar-refractivity contribution in [3.05, 3.63) is 45.2 Å². The van der Waals surface area contributed by atoms with E-state index in [2.05, 4.69) is 4.74 Å². The summed E-state index contributed by atoms with van der Waals surface area (Å²) in [5, 5.41) is 0.813. The van der Waals surface area contributed by atoms with Crippen molar-refractivity contribution in [1.29, 1.82) is 0 Å². The number of nitrogens with zero attached hydrogens (tertiary/aromatic N) is 1. The Labute approximate surface area is 109 Å². The van der Waals surface area contributed by atoms with Gasteiger partial charge in [-0.3, -0.25) is 4.79 Å². The van der Waals surface area contributed by atoms with Crippen LogP contribution in [0.2, 0.25) is 5.02 Å². The maximum absolute atomic E-state index is 12.2. The van der Waals surface area contributed by atoms with Gasteiger partial charge in [-0.05, 0) is 13.0 Å². The molecule has 1 aromatic carbocycles. The molecule has 0 spiro atoms. The largest absolute Gasteiger partial charge is 0.465 e. The second-order valence-electron chi connectivity index (χ2n) is 3.75. The van der Waals surface area contributed by atoms with Gasteiger partial charge in [-0.2, -0.15) is 0 Å². The molecule has 0 radical (unpaired) electrons. The van der Waals surface area contributed by atoms with Gasteiger partial charge in [0.05, 0.1) is 17.6 Å². The van der Waals surface area contributed by atoms with Gasteiger partial charge in [-0.15, -0.1) is 0 Å². The Kier molecular flexibility index (Phi) is 3.39. The normalized spacial score (nSPS) is 10.6. The fourth-order valence-corrected chi connectivity index (χ4v) is 2.28. The van der Waals surface area contributed by atoms with Crippen LogP contribution < -0.4 is 5.56 Å². The first-order valence-corrected chi connectivity index (χ1v) is 5.89. The molecule has 0 aliphatic carbocycles. The lowest BCUT2D eigenvalue weighted by molar-refractivity contribution is 0.0598. The van der Waals surface area contributed by atoms with Gasteiger partial charge in [0.25, 0.3) is 5.56 Å². The minimum absolute atomic E-state index is 0.111. The summed E-state index contributed by atoms with van der Waals surface area (Å²) in [6.07, 6.45) is 0. The lowest BCUT2D eigenvalue weighted by atomic mass is 10.1. The van der Waals surface area contributed by atoms with Crippen LogP contribution in [0.4, 0.5) is 0 Å². The lowest BCUT2D eigenvalue weighted by Crippen LogP contribution is -2.27. The standard InChI is InChI=1S/C13H12ClNO3/c1-3-15-9-7-5-4-6-8(9)11(14)10(12(15)16)13(17)18-2/h4-7H,3H2,1-2H3. The van der Waals surface area contributed by atoms with E-state index in [1.807, 2.05) is 13.0 Å². The third kappa shape index (κ3) is 1.78. The molecule has 0 aliphatic heterocycles. The fourth-order valence-electron chi connectivity index (χ4n) is 1.96. The van der Waals surface area contributed by atoms with Crippen molar-refractivity contribution in [2.45, 2.75) is 13.5 Å². The van der Waals surface area contributed by atoms with Crippen molar-refractivity contribution in [2.24, 2.45) is 0 Å². The molecule has 0 saturated heterocycles. The first-order valence-electron chi connectivity index (χ1n) is 5.51. The zero-order chi connectivity index (χ0) is 13.3. The Bertz CT molecular complexity index is 676. The molecule has 0 N–H and O–H groups in total. The van der Waals surface area contributed by atoms with Crippen LogP contribution in [0.25, 0.3) is 10.9 Å². The van der Waals surface area contributed by atoms with Crippen LogP contribution in [0.1, 0.15) is 17.3 Å². The van der Waals surface area contributed by atoms with Crippen LogP contribution in [-0.2, 0) is 11.3 Å². The SMILES string of the molecule is CCn1c(=O)c(C(=O)OC)c(Cl)c2ccccc21. The van der Waals surface area contributed by atoms with Gasteiger partial charge in [0.15, 0.2) is 0 Å². The summed E-state index contributed by atoms with van der Waals surface area (Å²) in [6, 6.07) is 7.20. The smallest absolute Gasteiger partial charge is 0.345 e. The summed E-state index contributed by atoms with van der Waals surface area (Å²) in [6.45, 7) is 2.29. The van der Waals surface area contributed by atoms with Crippen molar-refractivity contribution < 1.29 is 9.53 Å². The molecule has 1 heterocycles. The summed E-state index contributed by atoms with van der Waals surface area (Å²) in [5.41, 5.74) is 0.176. The molecule has 2 rings (SSSR count). The third-order valence-corrected chi connectivity index (χ3v) is 3.21. The summed E-state index contributed by atoms with van der Waals surface area (Å²) in [5.74, 6) is -0.710. The number of pyridine rings is 1. The van der Waals surface area contributed by atoms with Gasteiger partial charge in [0.1, 0.15) is 5.56 Å². The number of aromatic nitrogens is 1. The molecular formula is C13H12ClNO3. The van der Waals surface area contributed by atoms with E-state index in [0.29, 0.717) is 17.4 Å². The number of carbonyl (C=O) groups is 1. The molecular weight excluding hydrogens is 254 g/mol. The number of hydrogen-bond acceptors (Lipinski definition) is 3. The Morgan fingerprint density at radius 1 is 1.39 bits per heavy atom. The lowest BCUT2D eigenvalue weighted by Gasteiger charge is -2.12. The third-order valence-electron chi connectivity index (χ3n) is 2.82. The quantitative estimate of drug-likeness (QED) is 0.784. The maximum atomic E-state index is 12.2. The van der Waals surface area contributed by atoms with Crippen molar-refractivity contribution in [1.82, 2.24) is 4.57 Å². The second kappa shape index (κ2) is 4.82. The van der Waals surface area contributed by atoms with E-state index in [1.54, 1.807) is 18.2 Å². The summed E-state index contributed by atoms with van der Waals surface area (Å²) in [7, 11) is 1.23. The Hall–Kier alpha value is -1.81. The van der Waals surface area contributed by atoms with Crippen molar-refractivity contribution in [3.63, 3.8) is 0 Å². The number of fused-ring (bicyclic) bond motifs is 1. The van der Waals surface area contributed by atoms with Gasteiger partial charge >= 0.3 is 5.97 Å². The second-order valence-corrected chi connectivity index (χ2v) is 4.13. The molecule has 0 unspecified atom stereocenters. The molecule has 0 saturated carbocycles. The number of para-hydroxylation sites is 1. The van der Waals surface area contributed by atoms with Gasteiger partial charge < -0.3 is 9.30 Å². The first kappa shape index (κ1) is 12.6. The molecule has 4 nitrogen and oxygen atoms in total. The topological polar surface area (TPSA) is 48.3 Å². The summed E-state index contributed by atoms with van der Waals surface area (Å²) < 4.78 is 6.12. The molecule has 2 aromatic rings. The van der Waals surface area contributed by atoms with E-state index in [4.69, 9.17) is 11.6 Å². The minimum atomic E-state index is -0.710. The van der Waals surface area contributed by atoms with E-state index in [-0.39, 0.29) is 10.6 Å². The number of rotatable bonds is 2. The highest BCUT2D eigenvalue weighted by atomic mass is 35.5. The van der Waals surface area contributed by atoms with Crippen LogP contribution in [0, 0.1) is 0 Å². The number of aryl methyl sites for hydroxylation is 1. The monoisotopic (exact) mass is 265 g/mol. The molecule has 0 fully saturated rings. The highest BCUT2D eigenvalue weighted by Gasteiger charge is 2.20. The molecule has 0 atom stereocenters. The molecule has 0 bridgehead atoms. The maximum Gasteiger partial charge on any atom is 0.345 e. The molecule has 0 aliphatic rings. The van der Waals surface area contributed by atoms with Crippen molar-refractivity contribution >= 4 is 28.5 Å². The van der Waals surface area contributed by atoms with Gasteiger partial charge in [-0.25, -0.2) is 4.79 Å². The molecule has 5 heteroatoms. The van der Waals surface area contributed by atoms with Crippen LogP contribution >= 0.6 is 11.6 Å². The van der Waals surface area contributed by atoms with Crippen molar-refractivity contribution in [2.75, 3.05) is 7.11 Å². The fraction of sp³-hybridized carbons (Fsp3) is 0.231. The van der Waals surface area contributed by atoms with Gasteiger partial charge in [0, 0.05) is 11.9 Å². The number of benzene rings is 1. The average Bonchev–Trinajstić information content (AvgIpc) is 2.39. The molecule has 18 heavy (non-hydrogen) atoms. The number of halogens is 1. The number of hydrogen-bond donors (Lipinski definition) is 0. The van der Waals surface area contributed by atoms with E-state index < -0.39 is 11.5 Å². The van der Waals surface area contributed by atoms with Crippen molar-refractivity contribution in [3.8, 4) is 0 Å². The highest BCUT2D eigenvalue weighted by Crippen LogP contribution is 2.25. The zero-order valence-corrected chi connectivity index (χ0v) is 10.8. The predicted octanol–water partition coefficient (Wildman–Crippen LogP) is 2.46. The minimum Gasteiger partial charge on any atom is -0.465 e. The Balaban J connectivity index is 2.97. The number of methoxy groups -OCH3 is 1. The van der Waals surface area contributed by atoms with Crippen LogP contribution in [0.5, 0.6) is 0 Å².